The molecule has 24 heavy (non-hydrogen) atoms. The van der Waals surface area contributed by atoms with Crippen LogP contribution in [-0.4, -0.2) is 25.2 Å². The number of benzene rings is 1. The van der Waals surface area contributed by atoms with Crippen LogP contribution in [0, 0.1) is 5.92 Å². The molecule has 0 saturated heterocycles. The normalized spacial score (nSPS) is 10.7. The fraction of sp³-hybridized carbons (Fsp3) is 0.600. The van der Waals surface area contributed by atoms with Gasteiger partial charge in [-0.2, -0.15) is 0 Å². The molecule has 0 N–H and O–H groups in total. The van der Waals surface area contributed by atoms with E-state index in [9.17, 15) is 9.59 Å². The van der Waals surface area contributed by atoms with Crippen molar-refractivity contribution in [2.45, 2.75) is 59.3 Å². The third-order valence-corrected chi connectivity index (χ3v) is 3.76. The first-order chi connectivity index (χ1) is 11.6. The smallest absolute Gasteiger partial charge is 0.339 e. The zero-order valence-electron chi connectivity index (χ0n) is 15.2. The van der Waals surface area contributed by atoms with E-state index in [1.54, 1.807) is 24.3 Å². The molecule has 134 valence electrons. The maximum absolute atomic E-state index is 12.2. The van der Waals surface area contributed by atoms with Gasteiger partial charge in [-0.15, -0.1) is 0 Å². The summed E-state index contributed by atoms with van der Waals surface area (Å²) in [6.07, 6.45) is 6.00. The third-order valence-electron chi connectivity index (χ3n) is 3.76. The molecular weight excluding hydrogens is 304 g/mol. The van der Waals surface area contributed by atoms with Gasteiger partial charge in [0, 0.05) is 0 Å². The number of ether oxygens (including phenoxy) is 2. The van der Waals surface area contributed by atoms with E-state index in [1.165, 1.54) is 0 Å². The minimum Gasteiger partial charge on any atom is -0.462 e. The largest absolute Gasteiger partial charge is 0.462 e. The van der Waals surface area contributed by atoms with Crippen LogP contribution >= 0.6 is 0 Å². The Morgan fingerprint density at radius 1 is 0.875 bits per heavy atom. The molecular formula is C20H30O4. The van der Waals surface area contributed by atoms with E-state index in [-0.39, 0.29) is 11.1 Å². The lowest BCUT2D eigenvalue weighted by Gasteiger charge is -2.10. The summed E-state index contributed by atoms with van der Waals surface area (Å²) in [7, 11) is 0. The third kappa shape index (κ3) is 7.62. The summed E-state index contributed by atoms with van der Waals surface area (Å²) in [5, 5.41) is 0. The van der Waals surface area contributed by atoms with Gasteiger partial charge in [0.15, 0.2) is 0 Å². The lowest BCUT2D eigenvalue weighted by atomic mass is 10.1. The number of rotatable bonds is 11. The molecule has 0 heterocycles. The predicted molar refractivity (Wildman–Crippen MR) is 95.2 cm³/mol. The summed E-state index contributed by atoms with van der Waals surface area (Å²) in [5.41, 5.74) is 0.558. The summed E-state index contributed by atoms with van der Waals surface area (Å²) in [6.45, 7) is 7.16. The molecule has 0 bridgehead atoms. The van der Waals surface area contributed by atoms with Crippen LogP contribution in [0.1, 0.15) is 80.0 Å². The van der Waals surface area contributed by atoms with E-state index >= 15 is 0 Å². The first-order valence-electron chi connectivity index (χ1n) is 8.99. The number of esters is 2. The van der Waals surface area contributed by atoms with Gasteiger partial charge >= 0.3 is 11.9 Å². The first kappa shape index (κ1) is 20.2. The van der Waals surface area contributed by atoms with Crippen molar-refractivity contribution in [2.75, 3.05) is 13.2 Å². The van der Waals surface area contributed by atoms with Crippen molar-refractivity contribution in [1.29, 1.82) is 0 Å². The quantitative estimate of drug-likeness (QED) is 0.421. The second-order valence-electron chi connectivity index (χ2n) is 6.41. The number of unbranched alkanes of at least 4 members (excludes halogenated alkanes) is 3. The molecule has 0 unspecified atom stereocenters. The number of hydrogen-bond acceptors (Lipinski definition) is 4. The van der Waals surface area contributed by atoms with Crippen LogP contribution in [0.5, 0.6) is 0 Å². The van der Waals surface area contributed by atoms with Crippen molar-refractivity contribution < 1.29 is 19.1 Å². The Labute approximate surface area is 145 Å². The van der Waals surface area contributed by atoms with Crippen LogP contribution in [0.4, 0.5) is 0 Å². The Balaban J connectivity index is 2.53. The fourth-order valence-corrected chi connectivity index (χ4v) is 2.34. The van der Waals surface area contributed by atoms with Gasteiger partial charge in [-0.1, -0.05) is 52.2 Å². The Kier molecular flexibility index (Phi) is 9.81. The van der Waals surface area contributed by atoms with Crippen molar-refractivity contribution in [1.82, 2.24) is 0 Å². The molecule has 0 aliphatic rings. The second kappa shape index (κ2) is 11.7. The molecule has 0 saturated carbocycles. The Hall–Kier alpha value is -1.84. The summed E-state index contributed by atoms with van der Waals surface area (Å²) < 4.78 is 10.6. The van der Waals surface area contributed by atoms with E-state index in [1.807, 2.05) is 0 Å². The van der Waals surface area contributed by atoms with Crippen LogP contribution in [0.2, 0.25) is 0 Å². The molecule has 0 aromatic heterocycles. The molecule has 1 rings (SSSR count). The van der Waals surface area contributed by atoms with Gasteiger partial charge in [0.2, 0.25) is 0 Å². The van der Waals surface area contributed by atoms with Crippen molar-refractivity contribution >= 4 is 11.9 Å². The molecule has 0 spiro atoms. The van der Waals surface area contributed by atoms with Gasteiger partial charge in [-0.3, -0.25) is 0 Å². The molecule has 0 aliphatic carbocycles. The van der Waals surface area contributed by atoms with Crippen LogP contribution < -0.4 is 0 Å². The summed E-state index contributed by atoms with van der Waals surface area (Å²) >= 11 is 0. The topological polar surface area (TPSA) is 52.6 Å². The van der Waals surface area contributed by atoms with Crippen molar-refractivity contribution in [3.8, 4) is 0 Å². The Morgan fingerprint density at radius 2 is 1.42 bits per heavy atom. The standard InChI is InChI=1S/C20H30O4/c1-4-5-6-9-14-23-19(21)17-12-7-8-13-18(17)20(22)24-15-10-11-16(2)3/h7-8,12-13,16H,4-6,9-11,14-15H2,1-3H3. The second-order valence-corrected chi connectivity index (χ2v) is 6.41. The van der Waals surface area contributed by atoms with E-state index in [0.29, 0.717) is 19.1 Å². The minimum absolute atomic E-state index is 0.278. The molecule has 4 nitrogen and oxygen atoms in total. The average Bonchev–Trinajstić information content (AvgIpc) is 2.58. The van der Waals surface area contributed by atoms with Crippen LogP contribution in [-0.2, 0) is 9.47 Å². The predicted octanol–water partition coefficient (Wildman–Crippen LogP) is 5.02. The Bertz CT molecular complexity index is 508. The zero-order valence-corrected chi connectivity index (χ0v) is 15.2. The molecule has 4 heteroatoms. The van der Waals surface area contributed by atoms with Gasteiger partial charge in [0.25, 0.3) is 0 Å². The van der Waals surface area contributed by atoms with E-state index in [2.05, 4.69) is 20.8 Å². The summed E-state index contributed by atoms with van der Waals surface area (Å²) in [5.74, 6) is -0.336. The SMILES string of the molecule is CCCCCCOC(=O)c1ccccc1C(=O)OCCCC(C)C. The highest BCUT2D eigenvalue weighted by Crippen LogP contribution is 2.13. The average molecular weight is 334 g/mol. The molecule has 0 aliphatic heterocycles. The van der Waals surface area contributed by atoms with Crippen molar-refractivity contribution in [3.63, 3.8) is 0 Å². The fourth-order valence-electron chi connectivity index (χ4n) is 2.34. The molecule has 0 fully saturated rings. The highest BCUT2D eigenvalue weighted by Gasteiger charge is 2.18. The molecule has 1 aromatic carbocycles. The van der Waals surface area contributed by atoms with Crippen molar-refractivity contribution in [2.24, 2.45) is 5.92 Å². The highest BCUT2D eigenvalue weighted by molar-refractivity contribution is 6.03. The molecule has 0 atom stereocenters. The highest BCUT2D eigenvalue weighted by atomic mass is 16.5. The van der Waals surface area contributed by atoms with Gasteiger partial charge < -0.3 is 9.47 Å². The maximum atomic E-state index is 12.2. The first-order valence-corrected chi connectivity index (χ1v) is 8.99. The summed E-state index contributed by atoms with van der Waals surface area (Å²) in [6, 6.07) is 6.67. The van der Waals surface area contributed by atoms with E-state index in [0.717, 1.165) is 38.5 Å². The number of hydrogen-bond donors (Lipinski definition) is 0. The van der Waals surface area contributed by atoms with Gasteiger partial charge in [0.05, 0.1) is 24.3 Å². The van der Waals surface area contributed by atoms with Crippen LogP contribution in [0.15, 0.2) is 24.3 Å². The van der Waals surface area contributed by atoms with Gasteiger partial charge in [-0.25, -0.2) is 9.59 Å². The molecule has 0 amide bonds. The zero-order chi connectivity index (χ0) is 17.8. The van der Waals surface area contributed by atoms with Crippen molar-refractivity contribution in [3.05, 3.63) is 35.4 Å². The Morgan fingerprint density at radius 3 is 1.92 bits per heavy atom. The molecule has 1 aromatic rings. The van der Waals surface area contributed by atoms with E-state index < -0.39 is 11.9 Å². The molecule has 0 radical (unpaired) electrons. The minimum atomic E-state index is -0.461. The lowest BCUT2D eigenvalue weighted by Crippen LogP contribution is -2.15. The van der Waals surface area contributed by atoms with Crippen LogP contribution in [0.3, 0.4) is 0 Å². The van der Waals surface area contributed by atoms with Crippen LogP contribution in [0.25, 0.3) is 0 Å². The van der Waals surface area contributed by atoms with Gasteiger partial charge in [0.1, 0.15) is 0 Å². The van der Waals surface area contributed by atoms with E-state index in [4.69, 9.17) is 9.47 Å². The number of carbonyl (C=O) groups excluding carboxylic acids is 2. The lowest BCUT2D eigenvalue weighted by molar-refractivity contribution is 0.0449. The number of carbonyl (C=O) groups is 2. The van der Waals surface area contributed by atoms with Gasteiger partial charge in [-0.05, 0) is 37.3 Å². The monoisotopic (exact) mass is 334 g/mol. The maximum Gasteiger partial charge on any atom is 0.339 e. The summed E-state index contributed by atoms with van der Waals surface area (Å²) in [4.78, 5) is 24.4.